The number of nitrogens with zero attached hydrogens (tertiary/aromatic N) is 1. The number of carbonyl (C=O) groups is 1. The molecule has 0 saturated carbocycles. The van der Waals surface area contributed by atoms with Crippen molar-refractivity contribution in [3.8, 4) is 0 Å². The second-order valence-electron chi connectivity index (χ2n) is 5.98. The minimum absolute atomic E-state index is 0.0956. The van der Waals surface area contributed by atoms with Crippen LogP contribution in [0.25, 0.3) is 0 Å². The van der Waals surface area contributed by atoms with E-state index in [2.05, 4.69) is 34.7 Å². The summed E-state index contributed by atoms with van der Waals surface area (Å²) in [6.07, 6.45) is 7.04. The van der Waals surface area contributed by atoms with E-state index in [-0.39, 0.29) is 11.9 Å². The third-order valence-electron chi connectivity index (χ3n) is 4.20. The molecule has 1 N–H and O–H groups in total. The lowest BCUT2D eigenvalue weighted by Crippen LogP contribution is -2.46. The highest BCUT2D eigenvalue weighted by atomic mass is 32.1. The lowest BCUT2D eigenvalue weighted by molar-refractivity contribution is -0.133. The predicted molar refractivity (Wildman–Crippen MR) is 89.6 cm³/mol. The van der Waals surface area contributed by atoms with Crippen molar-refractivity contribution in [1.29, 1.82) is 0 Å². The van der Waals surface area contributed by atoms with Gasteiger partial charge in [-0.15, -0.1) is 11.3 Å². The average molecular weight is 308 g/mol. The summed E-state index contributed by atoms with van der Waals surface area (Å²) in [5.74, 6) is 0.273. The summed E-state index contributed by atoms with van der Waals surface area (Å²) in [6.45, 7) is 6.08. The Balaban J connectivity index is 1.94. The third kappa shape index (κ3) is 4.82. The number of hydrogen-bond donors (Lipinski definition) is 1. The van der Waals surface area contributed by atoms with E-state index >= 15 is 0 Å². The van der Waals surface area contributed by atoms with Gasteiger partial charge in [0.25, 0.3) is 0 Å². The number of carbonyl (C=O) groups excluding carboxylic acids is 1. The Hall–Kier alpha value is -0.870. The molecule has 1 aliphatic heterocycles. The predicted octanol–water partition coefficient (Wildman–Crippen LogP) is 3.97. The molecular formula is C17H28N2OS. The van der Waals surface area contributed by atoms with Crippen LogP contribution >= 0.6 is 11.3 Å². The van der Waals surface area contributed by atoms with Crippen LogP contribution in [0.5, 0.6) is 0 Å². The summed E-state index contributed by atoms with van der Waals surface area (Å²) >= 11 is 1.78. The molecule has 1 aromatic rings. The van der Waals surface area contributed by atoms with Crippen molar-refractivity contribution in [2.45, 2.75) is 64.5 Å². The highest BCUT2D eigenvalue weighted by Gasteiger charge is 2.24. The van der Waals surface area contributed by atoms with Gasteiger partial charge in [0, 0.05) is 24.0 Å². The van der Waals surface area contributed by atoms with E-state index in [1.807, 2.05) is 6.92 Å². The first-order chi connectivity index (χ1) is 10.2. The fourth-order valence-corrected chi connectivity index (χ4v) is 3.85. The van der Waals surface area contributed by atoms with Gasteiger partial charge in [0.2, 0.25) is 5.91 Å². The Kier molecular flexibility index (Phi) is 6.71. The van der Waals surface area contributed by atoms with Crippen LogP contribution in [0, 0.1) is 0 Å². The van der Waals surface area contributed by atoms with Gasteiger partial charge < -0.3 is 4.90 Å². The zero-order valence-corrected chi connectivity index (χ0v) is 14.1. The first-order valence-electron chi connectivity index (χ1n) is 8.30. The van der Waals surface area contributed by atoms with Crippen LogP contribution in [0.3, 0.4) is 0 Å². The van der Waals surface area contributed by atoms with E-state index in [4.69, 9.17) is 0 Å². The van der Waals surface area contributed by atoms with Gasteiger partial charge in [0.15, 0.2) is 0 Å². The van der Waals surface area contributed by atoms with Crippen LogP contribution < -0.4 is 5.32 Å². The van der Waals surface area contributed by atoms with E-state index in [0.29, 0.717) is 6.04 Å². The number of amides is 1. The highest BCUT2D eigenvalue weighted by molar-refractivity contribution is 7.10. The number of likely N-dealkylation sites (tertiary alicyclic amines) is 1. The molecule has 3 nitrogen and oxygen atoms in total. The molecular weight excluding hydrogens is 280 g/mol. The molecule has 1 aliphatic rings. The van der Waals surface area contributed by atoms with Crippen molar-refractivity contribution >= 4 is 17.2 Å². The summed E-state index contributed by atoms with van der Waals surface area (Å²) < 4.78 is 0. The van der Waals surface area contributed by atoms with Crippen molar-refractivity contribution in [1.82, 2.24) is 10.2 Å². The zero-order chi connectivity index (χ0) is 15.1. The topological polar surface area (TPSA) is 32.3 Å². The standard InChI is InChI=1S/C17H28N2OS/c1-3-9-15(16-10-8-13-21-16)18-14(2)17(20)19-11-6-4-5-7-12-19/h8,10,13-15,18H,3-7,9,11-12H2,1-2H3. The quantitative estimate of drug-likeness (QED) is 0.862. The molecule has 1 amide bonds. The minimum atomic E-state index is -0.0956. The van der Waals surface area contributed by atoms with E-state index in [9.17, 15) is 4.79 Å². The number of rotatable bonds is 6. The van der Waals surface area contributed by atoms with Gasteiger partial charge in [0.1, 0.15) is 0 Å². The third-order valence-corrected chi connectivity index (χ3v) is 5.19. The molecule has 0 radical (unpaired) electrons. The van der Waals surface area contributed by atoms with E-state index in [1.54, 1.807) is 11.3 Å². The first kappa shape index (κ1) is 16.5. The maximum Gasteiger partial charge on any atom is 0.239 e. The Morgan fingerprint density at radius 2 is 2.05 bits per heavy atom. The molecule has 118 valence electrons. The maximum atomic E-state index is 12.6. The highest BCUT2D eigenvalue weighted by Crippen LogP contribution is 2.24. The Morgan fingerprint density at radius 3 is 2.62 bits per heavy atom. The summed E-state index contributed by atoms with van der Waals surface area (Å²) in [4.78, 5) is 16.0. The molecule has 2 atom stereocenters. The monoisotopic (exact) mass is 308 g/mol. The normalized spacial score (nSPS) is 19.0. The Labute approximate surface area is 132 Å². The van der Waals surface area contributed by atoms with Crippen LogP contribution in [-0.4, -0.2) is 29.9 Å². The van der Waals surface area contributed by atoms with E-state index in [0.717, 1.165) is 38.8 Å². The van der Waals surface area contributed by atoms with Gasteiger partial charge in [-0.1, -0.05) is 32.3 Å². The van der Waals surface area contributed by atoms with Crippen LogP contribution in [0.1, 0.15) is 63.3 Å². The molecule has 1 aromatic heterocycles. The smallest absolute Gasteiger partial charge is 0.239 e. The lowest BCUT2D eigenvalue weighted by atomic mass is 10.1. The number of thiophene rings is 1. The summed E-state index contributed by atoms with van der Waals surface area (Å²) in [6, 6.07) is 4.47. The molecule has 4 heteroatoms. The zero-order valence-electron chi connectivity index (χ0n) is 13.3. The molecule has 1 fully saturated rings. The largest absolute Gasteiger partial charge is 0.341 e. The second-order valence-corrected chi connectivity index (χ2v) is 6.96. The van der Waals surface area contributed by atoms with Crippen LogP contribution in [0.4, 0.5) is 0 Å². The van der Waals surface area contributed by atoms with Gasteiger partial charge in [-0.3, -0.25) is 10.1 Å². The van der Waals surface area contributed by atoms with Gasteiger partial charge >= 0.3 is 0 Å². The van der Waals surface area contributed by atoms with Gasteiger partial charge in [-0.25, -0.2) is 0 Å². The fraction of sp³-hybridized carbons (Fsp3) is 0.706. The summed E-state index contributed by atoms with van der Waals surface area (Å²) in [5.41, 5.74) is 0. The maximum absolute atomic E-state index is 12.6. The number of nitrogens with one attached hydrogen (secondary N) is 1. The van der Waals surface area contributed by atoms with Crippen LogP contribution in [0.15, 0.2) is 17.5 Å². The Bertz CT molecular complexity index is 410. The van der Waals surface area contributed by atoms with Crippen LogP contribution in [0.2, 0.25) is 0 Å². The van der Waals surface area contributed by atoms with E-state index < -0.39 is 0 Å². The van der Waals surface area contributed by atoms with Crippen molar-refractivity contribution in [3.05, 3.63) is 22.4 Å². The minimum Gasteiger partial charge on any atom is -0.341 e. The molecule has 0 bridgehead atoms. The SMILES string of the molecule is CCCC(NC(C)C(=O)N1CCCCCC1)c1cccs1. The molecule has 21 heavy (non-hydrogen) atoms. The summed E-state index contributed by atoms with van der Waals surface area (Å²) in [7, 11) is 0. The average Bonchev–Trinajstić information content (AvgIpc) is 2.88. The fourth-order valence-electron chi connectivity index (χ4n) is 3.02. The van der Waals surface area contributed by atoms with Crippen LogP contribution in [-0.2, 0) is 4.79 Å². The van der Waals surface area contributed by atoms with E-state index in [1.165, 1.54) is 17.7 Å². The summed E-state index contributed by atoms with van der Waals surface area (Å²) in [5, 5.41) is 5.67. The molecule has 2 unspecified atom stereocenters. The first-order valence-corrected chi connectivity index (χ1v) is 9.18. The molecule has 1 saturated heterocycles. The van der Waals surface area contributed by atoms with Gasteiger partial charge in [0.05, 0.1) is 6.04 Å². The molecule has 0 aromatic carbocycles. The lowest BCUT2D eigenvalue weighted by Gasteiger charge is -2.27. The molecule has 0 spiro atoms. The second kappa shape index (κ2) is 8.54. The van der Waals surface area contributed by atoms with Gasteiger partial charge in [-0.2, -0.15) is 0 Å². The molecule has 2 heterocycles. The molecule has 0 aliphatic carbocycles. The van der Waals surface area contributed by atoms with Crippen molar-refractivity contribution < 1.29 is 4.79 Å². The van der Waals surface area contributed by atoms with Crippen molar-refractivity contribution in [2.75, 3.05) is 13.1 Å². The van der Waals surface area contributed by atoms with Crippen molar-refractivity contribution in [2.24, 2.45) is 0 Å². The number of hydrogen-bond acceptors (Lipinski definition) is 3. The van der Waals surface area contributed by atoms with Crippen molar-refractivity contribution in [3.63, 3.8) is 0 Å². The molecule has 2 rings (SSSR count). The van der Waals surface area contributed by atoms with Gasteiger partial charge in [-0.05, 0) is 37.6 Å². The Morgan fingerprint density at radius 1 is 1.33 bits per heavy atom.